The highest BCUT2D eigenvalue weighted by Crippen LogP contribution is 2.25. The average Bonchev–Trinajstić information content (AvgIpc) is 2.48. The van der Waals surface area contributed by atoms with E-state index >= 15 is 0 Å². The molecule has 1 heterocycles. The molecule has 1 aromatic heterocycles. The first kappa shape index (κ1) is 16.9. The summed E-state index contributed by atoms with van der Waals surface area (Å²) >= 11 is 3.36. The highest BCUT2D eigenvalue weighted by atomic mass is 79.9. The highest BCUT2D eigenvalue weighted by molar-refractivity contribution is 9.10. The SMILES string of the molecule is Cc1ccc(NC(=O)COc2ccc(C)nc2[N+](=O)[O-])c(Br)c1. The zero-order valence-corrected chi connectivity index (χ0v) is 14.1. The average molecular weight is 380 g/mol. The van der Waals surface area contributed by atoms with E-state index in [2.05, 4.69) is 26.2 Å². The Morgan fingerprint density at radius 1 is 1.35 bits per heavy atom. The van der Waals surface area contributed by atoms with Crippen molar-refractivity contribution in [3.8, 4) is 5.75 Å². The van der Waals surface area contributed by atoms with Crippen LogP contribution in [0.4, 0.5) is 11.5 Å². The molecule has 0 unspecified atom stereocenters. The third kappa shape index (κ3) is 4.49. The normalized spacial score (nSPS) is 10.2. The van der Waals surface area contributed by atoms with Gasteiger partial charge in [-0.3, -0.25) is 4.79 Å². The molecular weight excluding hydrogens is 366 g/mol. The number of benzene rings is 1. The summed E-state index contributed by atoms with van der Waals surface area (Å²) in [5.41, 5.74) is 2.14. The molecule has 0 saturated carbocycles. The summed E-state index contributed by atoms with van der Waals surface area (Å²) in [6.07, 6.45) is 0. The van der Waals surface area contributed by atoms with Crippen LogP contribution in [0, 0.1) is 24.0 Å². The van der Waals surface area contributed by atoms with Crippen molar-refractivity contribution in [2.45, 2.75) is 13.8 Å². The van der Waals surface area contributed by atoms with Gasteiger partial charge in [-0.15, -0.1) is 0 Å². The second-order valence-corrected chi connectivity index (χ2v) is 5.71. The van der Waals surface area contributed by atoms with E-state index in [-0.39, 0.29) is 12.4 Å². The predicted molar refractivity (Wildman–Crippen MR) is 88.6 cm³/mol. The Morgan fingerprint density at radius 3 is 2.74 bits per heavy atom. The number of aromatic nitrogens is 1. The van der Waals surface area contributed by atoms with Gasteiger partial charge in [0, 0.05) is 11.4 Å². The van der Waals surface area contributed by atoms with Crippen molar-refractivity contribution >= 4 is 33.3 Å². The molecule has 0 aliphatic rings. The molecule has 0 radical (unpaired) electrons. The lowest BCUT2D eigenvalue weighted by atomic mass is 10.2. The van der Waals surface area contributed by atoms with E-state index in [1.54, 1.807) is 19.1 Å². The Labute approximate surface area is 141 Å². The van der Waals surface area contributed by atoms with Crippen LogP contribution in [0.1, 0.15) is 11.3 Å². The fourth-order valence-corrected chi connectivity index (χ4v) is 2.42. The zero-order chi connectivity index (χ0) is 17.0. The lowest BCUT2D eigenvalue weighted by Crippen LogP contribution is -2.20. The number of aryl methyl sites for hydroxylation is 2. The fraction of sp³-hybridized carbons (Fsp3) is 0.200. The zero-order valence-electron chi connectivity index (χ0n) is 12.5. The van der Waals surface area contributed by atoms with Gasteiger partial charge in [0.1, 0.15) is 5.69 Å². The molecule has 0 bridgehead atoms. The molecule has 0 aliphatic heterocycles. The van der Waals surface area contributed by atoms with Crippen molar-refractivity contribution in [3.63, 3.8) is 0 Å². The summed E-state index contributed by atoms with van der Waals surface area (Å²) in [5.74, 6) is -0.877. The largest absolute Gasteiger partial charge is 0.476 e. The minimum atomic E-state index is -0.642. The lowest BCUT2D eigenvalue weighted by molar-refractivity contribution is -0.390. The summed E-state index contributed by atoms with van der Waals surface area (Å²) in [7, 11) is 0. The monoisotopic (exact) mass is 379 g/mol. The molecule has 1 N–H and O–H groups in total. The van der Waals surface area contributed by atoms with E-state index in [1.165, 1.54) is 6.07 Å². The number of carbonyl (C=O) groups is 1. The number of rotatable bonds is 5. The first-order chi connectivity index (χ1) is 10.9. The minimum absolute atomic E-state index is 0.0429. The molecule has 7 nitrogen and oxygen atoms in total. The van der Waals surface area contributed by atoms with Crippen molar-refractivity contribution < 1.29 is 14.5 Å². The van der Waals surface area contributed by atoms with Crippen LogP contribution in [0.25, 0.3) is 0 Å². The highest BCUT2D eigenvalue weighted by Gasteiger charge is 2.18. The van der Waals surface area contributed by atoms with Crippen molar-refractivity contribution in [2.24, 2.45) is 0 Å². The van der Waals surface area contributed by atoms with E-state index in [1.807, 2.05) is 19.1 Å². The summed E-state index contributed by atoms with van der Waals surface area (Å²) in [6, 6.07) is 8.49. The number of nitro groups is 1. The second kappa shape index (κ2) is 7.19. The predicted octanol–water partition coefficient (Wildman–Crippen LogP) is 3.39. The molecule has 0 fully saturated rings. The van der Waals surface area contributed by atoms with Crippen LogP contribution in [0.5, 0.6) is 5.75 Å². The van der Waals surface area contributed by atoms with Crippen LogP contribution in [-0.4, -0.2) is 22.4 Å². The first-order valence-electron chi connectivity index (χ1n) is 6.67. The lowest BCUT2D eigenvalue weighted by Gasteiger charge is -2.09. The van der Waals surface area contributed by atoms with Crippen molar-refractivity contribution in [3.05, 3.63) is 56.2 Å². The van der Waals surface area contributed by atoms with E-state index in [4.69, 9.17) is 4.74 Å². The fourth-order valence-electron chi connectivity index (χ4n) is 1.82. The van der Waals surface area contributed by atoms with Gasteiger partial charge in [-0.05, 0) is 62.6 Å². The van der Waals surface area contributed by atoms with Crippen LogP contribution in [0.2, 0.25) is 0 Å². The topological polar surface area (TPSA) is 94.4 Å². The maximum Gasteiger partial charge on any atom is 0.406 e. The van der Waals surface area contributed by atoms with Gasteiger partial charge >= 0.3 is 5.82 Å². The number of hydrogen-bond donors (Lipinski definition) is 1. The molecule has 0 aliphatic carbocycles. The number of anilines is 1. The summed E-state index contributed by atoms with van der Waals surface area (Å²) in [4.78, 5) is 26.0. The van der Waals surface area contributed by atoms with Crippen molar-refractivity contribution in [1.82, 2.24) is 4.98 Å². The number of nitrogens with one attached hydrogen (secondary N) is 1. The number of nitrogens with zero attached hydrogens (tertiary/aromatic N) is 2. The van der Waals surface area contributed by atoms with Gasteiger partial charge in [-0.25, -0.2) is 0 Å². The van der Waals surface area contributed by atoms with Crippen molar-refractivity contribution in [2.75, 3.05) is 11.9 Å². The Morgan fingerprint density at radius 2 is 2.09 bits per heavy atom. The van der Waals surface area contributed by atoms with E-state index in [0.29, 0.717) is 11.4 Å². The minimum Gasteiger partial charge on any atom is -0.476 e. The van der Waals surface area contributed by atoms with Gasteiger partial charge in [0.05, 0.1) is 5.69 Å². The molecule has 0 spiro atoms. The third-order valence-electron chi connectivity index (χ3n) is 2.91. The maximum absolute atomic E-state index is 11.9. The molecular formula is C15H14BrN3O4. The first-order valence-corrected chi connectivity index (χ1v) is 7.47. The van der Waals surface area contributed by atoms with Crippen LogP contribution in [-0.2, 0) is 4.79 Å². The van der Waals surface area contributed by atoms with E-state index in [0.717, 1.165) is 10.0 Å². The Bertz CT molecular complexity index is 764. The van der Waals surface area contributed by atoms with Crippen LogP contribution >= 0.6 is 15.9 Å². The molecule has 8 heteroatoms. The molecule has 2 aromatic rings. The molecule has 23 heavy (non-hydrogen) atoms. The standard InChI is InChI=1S/C15H14BrN3O4/c1-9-3-5-12(11(16)7-9)18-14(20)8-23-13-6-4-10(2)17-15(13)19(21)22/h3-7H,8H2,1-2H3,(H,18,20). The molecule has 1 amide bonds. The second-order valence-electron chi connectivity index (χ2n) is 4.85. The number of carbonyl (C=O) groups excluding carboxylic acids is 1. The Kier molecular flexibility index (Phi) is 5.28. The van der Waals surface area contributed by atoms with Crippen LogP contribution < -0.4 is 10.1 Å². The van der Waals surface area contributed by atoms with Gasteiger partial charge in [0.2, 0.25) is 5.75 Å². The molecule has 2 rings (SSSR count). The summed E-state index contributed by atoms with van der Waals surface area (Å²) in [6.45, 7) is 3.22. The number of amides is 1. The molecule has 1 aromatic carbocycles. The quantitative estimate of drug-likeness (QED) is 0.634. The number of pyridine rings is 1. The van der Waals surface area contributed by atoms with Gasteiger partial charge in [0.25, 0.3) is 5.91 Å². The number of hydrogen-bond acceptors (Lipinski definition) is 5. The molecule has 0 saturated heterocycles. The number of halogens is 1. The molecule has 0 atom stereocenters. The Balaban J connectivity index is 2.03. The van der Waals surface area contributed by atoms with Crippen LogP contribution in [0.15, 0.2) is 34.8 Å². The molecule has 120 valence electrons. The van der Waals surface area contributed by atoms with Gasteiger partial charge < -0.3 is 20.2 Å². The van der Waals surface area contributed by atoms with Crippen LogP contribution in [0.3, 0.4) is 0 Å². The third-order valence-corrected chi connectivity index (χ3v) is 3.57. The van der Waals surface area contributed by atoms with E-state index in [9.17, 15) is 14.9 Å². The van der Waals surface area contributed by atoms with Gasteiger partial charge in [-0.2, -0.15) is 0 Å². The summed E-state index contributed by atoms with van der Waals surface area (Å²) in [5, 5.41) is 13.6. The summed E-state index contributed by atoms with van der Waals surface area (Å²) < 4.78 is 5.96. The van der Waals surface area contributed by atoms with E-state index < -0.39 is 16.6 Å². The van der Waals surface area contributed by atoms with Gasteiger partial charge in [0.15, 0.2) is 6.61 Å². The maximum atomic E-state index is 11.9. The number of ether oxygens (including phenoxy) is 1. The van der Waals surface area contributed by atoms with Crippen molar-refractivity contribution in [1.29, 1.82) is 0 Å². The Hall–Kier alpha value is -2.48. The smallest absolute Gasteiger partial charge is 0.406 e. The van der Waals surface area contributed by atoms with Gasteiger partial charge in [-0.1, -0.05) is 6.07 Å².